The molecule has 0 unspecified atom stereocenters. The van der Waals surface area contributed by atoms with E-state index in [2.05, 4.69) is 5.32 Å². The maximum absolute atomic E-state index is 11.2. The van der Waals surface area contributed by atoms with Gasteiger partial charge in [0.05, 0.1) is 10.6 Å². The molecule has 0 fully saturated rings. The minimum absolute atomic E-state index is 0.340. The minimum Gasteiger partial charge on any atom is -0.387 e. The molecule has 1 aromatic rings. The van der Waals surface area contributed by atoms with E-state index < -0.39 is 9.84 Å². The van der Waals surface area contributed by atoms with Gasteiger partial charge in [0.25, 0.3) is 0 Å². The minimum atomic E-state index is -3.11. The van der Waals surface area contributed by atoms with Gasteiger partial charge in [-0.2, -0.15) is 0 Å². The molecule has 0 aliphatic rings. The summed E-state index contributed by atoms with van der Waals surface area (Å²) < 4.78 is 22.3. The van der Waals surface area contributed by atoms with Crippen molar-refractivity contribution in [3.8, 4) is 0 Å². The zero-order chi connectivity index (χ0) is 11.2. The van der Waals surface area contributed by atoms with Crippen molar-refractivity contribution in [2.24, 2.45) is 0 Å². The van der Waals surface area contributed by atoms with Gasteiger partial charge in [0.15, 0.2) is 9.84 Å². The number of benzene rings is 1. The molecule has 3 nitrogen and oxygen atoms in total. The van der Waals surface area contributed by atoms with E-state index in [-0.39, 0.29) is 0 Å². The van der Waals surface area contributed by atoms with Crippen molar-refractivity contribution in [3.05, 3.63) is 24.3 Å². The van der Waals surface area contributed by atoms with E-state index in [4.69, 9.17) is 0 Å². The van der Waals surface area contributed by atoms with E-state index in [9.17, 15) is 8.42 Å². The van der Waals surface area contributed by atoms with Crippen molar-refractivity contribution in [2.45, 2.75) is 18.7 Å². The molecule has 0 radical (unpaired) electrons. The first-order valence-electron chi connectivity index (χ1n) is 4.52. The van der Waals surface area contributed by atoms with E-state index in [1.807, 2.05) is 13.8 Å². The van der Waals surface area contributed by atoms with Crippen LogP contribution in [0.5, 0.6) is 0 Å². The summed E-state index contributed by atoms with van der Waals surface area (Å²) in [6.07, 6.45) is 1.20. The van der Waals surface area contributed by atoms with Crippen LogP contribution in [-0.4, -0.2) is 21.7 Å². The Bertz CT molecular complexity index is 371. The fourth-order valence-electron chi connectivity index (χ4n) is 0.997. The molecule has 0 atom stereocenters. The van der Waals surface area contributed by atoms with Gasteiger partial charge in [-0.1, -0.05) is 26.0 Å². The van der Waals surface area contributed by atoms with Crippen LogP contribution in [0.3, 0.4) is 0 Å². The summed E-state index contributed by atoms with van der Waals surface area (Å²) in [7, 11) is -1.41. The topological polar surface area (TPSA) is 46.2 Å². The summed E-state index contributed by atoms with van der Waals surface area (Å²) in [6, 6.07) is 6.81. The van der Waals surface area contributed by atoms with E-state index in [0.29, 0.717) is 10.6 Å². The van der Waals surface area contributed by atoms with Crippen LogP contribution in [-0.2, 0) is 9.84 Å². The standard InChI is InChI=1S/C8H11NO2S.C2H6/c1-9-7-5-3-4-6-8(7)12(2,10)11;1-2/h3-6,9H,1-2H3;1-2H3. The Morgan fingerprint density at radius 1 is 1.14 bits per heavy atom. The van der Waals surface area contributed by atoms with E-state index >= 15 is 0 Å². The smallest absolute Gasteiger partial charge is 0.177 e. The molecule has 0 spiro atoms. The molecule has 0 aliphatic carbocycles. The number of nitrogens with one attached hydrogen (secondary N) is 1. The number of para-hydroxylation sites is 1. The van der Waals surface area contributed by atoms with Gasteiger partial charge in [-0.25, -0.2) is 8.42 Å². The predicted molar refractivity (Wildman–Crippen MR) is 60.4 cm³/mol. The monoisotopic (exact) mass is 215 g/mol. The van der Waals surface area contributed by atoms with Gasteiger partial charge in [-0.3, -0.25) is 0 Å². The highest BCUT2D eigenvalue weighted by Gasteiger charge is 2.10. The van der Waals surface area contributed by atoms with Crippen molar-refractivity contribution < 1.29 is 8.42 Å². The SMILES string of the molecule is CC.CNc1ccccc1S(C)(=O)=O. The maximum atomic E-state index is 11.2. The number of rotatable bonds is 2. The number of hydrogen-bond acceptors (Lipinski definition) is 3. The molecule has 1 N–H and O–H groups in total. The molecule has 1 rings (SSSR count). The van der Waals surface area contributed by atoms with Crippen LogP contribution in [0.1, 0.15) is 13.8 Å². The molecule has 0 amide bonds. The van der Waals surface area contributed by atoms with Gasteiger partial charge in [0.2, 0.25) is 0 Å². The summed E-state index contributed by atoms with van der Waals surface area (Å²) in [5.41, 5.74) is 0.639. The Balaban J connectivity index is 0.000000791. The first-order chi connectivity index (χ1) is 6.55. The van der Waals surface area contributed by atoms with Crippen LogP contribution in [0.2, 0.25) is 0 Å². The molecular weight excluding hydrogens is 198 g/mol. The van der Waals surface area contributed by atoms with Gasteiger partial charge in [-0.05, 0) is 12.1 Å². The van der Waals surface area contributed by atoms with Gasteiger partial charge < -0.3 is 5.32 Å². The van der Waals surface area contributed by atoms with Crippen LogP contribution >= 0.6 is 0 Å². The van der Waals surface area contributed by atoms with Crippen molar-refractivity contribution in [2.75, 3.05) is 18.6 Å². The second-order valence-corrected chi connectivity index (χ2v) is 4.50. The van der Waals surface area contributed by atoms with Crippen molar-refractivity contribution in [3.63, 3.8) is 0 Å². The highest BCUT2D eigenvalue weighted by molar-refractivity contribution is 7.90. The second-order valence-electron chi connectivity index (χ2n) is 2.52. The Kier molecular flexibility index (Phi) is 5.23. The van der Waals surface area contributed by atoms with Gasteiger partial charge in [0.1, 0.15) is 0 Å². The number of hydrogen-bond donors (Lipinski definition) is 1. The zero-order valence-corrected chi connectivity index (χ0v) is 9.85. The Labute approximate surface area is 86.1 Å². The summed E-state index contributed by atoms with van der Waals surface area (Å²) in [5, 5.41) is 2.82. The molecule has 0 aromatic heterocycles. The van der Waals surface area contributed by atoms with Crippen LogP contribution in [0.15, 0.2) is 29.2 Å². The number of anilines is 1. The fraction of sp³-hybridized carbons (Fsp3) is 0.400. The van der Waals surface area contributed by atoms with Crippen LogP contribution < -0.4 is 5.32 Å². The molecule has 0 bridgehead atoms. The summed E-state index contributed by atoms with van der Waals surface area (Å²) in [5.74, 6) is 0. The highest BCUT2D eigenvalue weighted by atomic mass is 32.2. The molecule has 1 aromatic carbocycles. The third-order valence-corrected chi connectivity index (χ3v) is 2.71. The molecule has 0 saturated carbocycles. The molecule has 14 heavy (non-hydrogen) atoms. The Morgan fingerprint density at radius 3 is 2.00 bits per heavy atom. The quantitative estimate of drug-likeness (QED) is 0.822. The molecule has 80 valence electrons. The average molecular weight is 215 g/mol. The van der Waals surface area contributed by atoms with E-state index in [1.165, 1.54) is 6.26 Å². The lowest BCUT2D eigenvalue weighted by molar-refractivity contribution is 0.602. The molecule has 4 heteroatoms. The number of sulfone groups is 1. The van der Waals surface area contributed by atoms with Crippen molar-refractivity contribution in [1.29, 1.82) is 0 Å². The van der Waals surface area contributed by atoms with Crippen molar-refractivity contribution in [1.82, 2.24) is 0 Å². The Morgan fingerprint density at radius 2 is 1.64 bits per heavy atom. The van der Waals surface area contributed by atoms with Gasteiger partial charge in [0, 0.05) is 13.3 Å². The van der Waals surface area contributed by atoms with Crippen LogP contribution in [0.4, 0.5) is 5.69 Å². The van der Waals surface area contributed by atoms with E-state index in [1.54, 1.807) is 31.3 Å². The molecular formula is C10H17NO2S. The van der Waals surface area contributed by atoms with Crippen LogP contribution in [0.25, 0.3) is 0 Å². The summed E-state index contributed by atoms with van der Waals surface area (Å²) >= 11 is 0. The van der Waals surface area contributed by atoms with Gasteiger partial charge in [-0.15, -0.1) is 0 Å². The lowest BCUT2D eigenvalue weighted by Crippen LogP contribution is -2.01. The maximum Gasteiger partial charge on any atom is 0.177 e. The lowest BCUT2D eigenvalue weighted by Gasteiger charge is -2.05. The van der Waals surface area contributed by atoms with Crippen molar-refractivity contribution >= 4 is 15.5 Å². The molecule has 0 saturated heterocycles. The largest absolute Gasteiger partial charge is 0.387 e. The summed E-state index contributed by atoms with van der Waals surface area (Å²) in [6.45, 7) is 4.00. The normalized spacial score (nSPS) is 10.0. The average Bonchev–Trinajstić information content (AvgIpc) is 2.19. The second kappa shape index (κ2) is 5.65. The van der Waals surface area contributed by atoms with E-state index in [0.717, 1.165) is 0 Å². The first kappa shape index (κ1) is 13.0. The third kappa shape index (κ3) is 3.38. The zero-order valence-electron chi connectivity index (χ0n) is 9.03. The molecule has 0 aliphatic heterocycles. The fourth-order valence-corrected chi connectivity index (χ4v) is 1.89. The first-order valence-corrected chi connectivity index (χ1v) is 6.41. The summed E-state index contributed by atoms with van der Waals surface area (Å²) in [4.78, 5) is 0.340. The lowest BCUT2D eigenvalue weighted by atomic mass is 10.3. The highest BCUT2D eigenvalue weighted by Crippen LogP contribution is 2.19. The predicted octanol–water partition coefficient (Wildman–Crippen LogP) is 2.16. The molecule has 0 heterocycles. The van der Waals surface area contributed by atoms with Gasteiger partial charge >= 0.3 is 0 Å². The van der Waals surface area contributed by atoms with Crippen LogP contribution in [0, 0.1) is 0 Å². The third-order valence-electron chi connectivity index (χ3n) is 1.56. The Hall–Kier alpha value is -1.03.